The highest BCUT2D eigenvalue weighted by molar-refractivity contribution is 5.32. The minimum Gasteiger partial charge on any atom is -0.317 e. The van der Waals surface area contributed by atoms with Crippen LogP contribution in [0.4, 0.5) is 0 Å². The smallest absolute Gasteiger partial charge is 0.0325 e. The molecule has 1 aliphatic carbocycles. The van der Waals surface area contributed by atoms with Gasteiger partial charge >= 0.3 is 0 Å². The molecule has 1 atom stereocenters. The molecule has 0 radical (unpaired) electrons. The molecular formula is C19H30N2. The highest BCUT2D eigenvalue weighted by Gasteiger charge is 2.34. The van der Waals surface area contributed by atoms with Crippen LogP contribution in [0.25, 0.3) is 0 Å². The SMILES string of the molecule is Cc1ccc(C(C)N(CC2CCNCC2)C2CC2)c(C)c1. The lowest BCUT2D eigenvalue weighted by Crippen LogP contribution is -2.38. The highest BCUT2D eigenvalue weighted by atomic mass is 15.2. The Bertz CT molecular complexity index is 472. The average molecular weight is 286 g/mol. The van der Waals surface area contributed by atoms with E-state index in [9.17, 15) is 0 Å². The molecule has 0 aromatic heterocycles. The van der Waals surface area contributed by atoms with E-state index in [2.05, 4.69) is 49.2 Å². The summed E-state index contributed by atoms with van der Waals surface area (Å²) in [6.45, 7) is 10.6. The molecule has 0 spiro atoms. The maximum atomic E-state index is 3.49. The molecule has 1 saturated heterocycles. The Morgan fingerprint density at radius 1 is 1.14 bits per heavy atom. The van der Waals surface area contributed by atoms with Gasteiger partial charge in [-0.15, -0.1) is 0 Å². The number of nitrogens with one attached hydrogen (secondary N) is 1. The van der Waals surface area contributed by atoms with E-state index in [1.165, 1.54) is 62.0 Å². The zero-order valence-electron chi connectivity index (χ0n) is 13.9. The van der Waals surface area contributed by atoms with Gasteiger partial charge in [0.25, 0.3) is 0 Å². The summed E-state index contributed by atoms with van der Waals surface area (Å²) < 4.78 is 0. The summed E-state index contributed by atoms with van der Waals surface area (Å²) >= 11 is 0. The van der Waals surface area contributed by atoms with E-state index in [4.69, 9.17) is 0 Å². The molecule has 1 unspecified atom stereocenters. The minimum absolute atomic E-state index is 0.563. The van der Waals surface area contributed by atoms with Gasteiger partial charge in [0.1, 0.15) is 0 Å². The molecule has 2 fully saturated rings. The topological polar surface area (TPSA) is 15.3 Å². The zero-order chi connectivity index (χ0) is 14.8. The summed E-state index contributed by atoms with van der Waals surface area (Å²) in [7, 11) is 0. The normalized spacial score (nSPS) is 21.7. The van der Waals surface area contributed by atoms with Gasteiger partial charge in [0.2, 0.25) is 0 Å². The monoisotopic (exact) mass is 286 g/mol. The first-order valence-electron chi connectivity index (χ1n) is 8.69. The molecule has 1 aromatic rings. The summed E-state index contributed by atoms with van der Waals surface area (Å²) in [4.78, 5) is 2.80. The summed E-state index contributed by atoms with van der Waals surface area (Å²) in [5, 5.41) is 3.49. The van der Waals surface area contributed by atoms with Crippen molar-refractivity contribution in [1.29, 1.82) is 0 Å². The van der Waals surface area contributed by atoms with Gasteiger partial charge in [0.15, 0.2) is 0 Å². The zero-order valence-corrected chi connectivity index (χ0v) is 13.9. The average Bonchev–Trinajstić information content (AvgIpc) is 3.30. The number of hydrogen-bond acceptors (Lipinski definition) is 2. The van der Waals surface area contributed by atoms with E-state index in [1.807, 2.05) is 0 Å². The van der Waals surface area contributed by atoms with E-state index in [0.717, 1.165) is 12.0 Å². The summed E-state index contributed by atoms with van der Waals surface area (Å²) in [6.07, 6.45) is 5.51. The first kappa shape index (κ1) is 15.1. The van der Waals surface area contributed by atoms with Crippen molar-refractivity contribution in [2.75, 3.05) is 19.6 Å². The van der Waals surface area contributed by atoms with Crippen LogP contribution in [0, 0.1) is 19.8 Å². The molecule has 1 saturated carbocycles. The fourth-order valence-electron chi connectivity index (χ4n) is 3.87. The Hall–Kier alpha value is -0.860. The van der Waals surface area contributed by atoms with Crippen LogP contribution < -0.4 is 5.32 Å². The number of hydrogen-bond donors (Lipinski definition) is 1. The van der Waals surface area contributed by atoms with Gasteiger partial charge in [-0.25, -0.2) is 0 Å². The van der Waals surface area contributed by atoms with Crippen LogP contribution in [-0.2, 0) is 0 Å². The third-order valence-corrected chi connectivity index (χ3v) is 5.32. The van der Waals surface area contributed by atoms with Crippen molar-refractivity contribution in [1.82, 2.24) is 10.2 Å². The summed E-state index contributed by atoms with van der Waals surface area (Å²) in [6, 6.07) is 8.37. The van der Waals surface area contributed by atoms with Crippen molar-refractivity contribution in [2.24, 2.45) is 5.92 Å². The van der Waals surface area contributed by atoms with E-state index in [0.29, 0.717) is 6.04 Å². The summed E-state index contributed by atoms with van der Waals surface area (Å²) in [5.74, 6) is 0.889. The molecule has 2 nitrogen and oxygen atoms in total. The fraction of sp³-hybridized carbons (Fsp3) is 0.684. The van der Waals surface area contributed by atoms with E-state index in [1.54, 1.807) is 0 Å². The Balaban J connectivity index is 1.73. The predicted octanol–water partition coefficient (Wildman–Crippen LogP) is 3.83. The van der Waals surface area contributed by atoms with Crippen molar-refractivity contribution in [3.63, 3.8) is 0 Å². The molecule has 2 aliphatic rings. The van der Waals surface area contributed by atoms with Crippen molar-refractivity contribution in [2.45, 2.75) is 58.5 Å². The lowest BCUT2D eigenvalue weighted by atomic mass is 9.94. The van der Waals surface area contributed by atoms with Crippen LogP contribution in [0.1, 0.15) is 55.3 Å². The van der Waals surface area contributed by atoms with Gasteiger partial charge in [0.05, 0.1) is 0 Å². The van der Waals surface area contributed by atoms with Crippen LogP contribution in [0.2, 0.25) is 0 Å². The van der Waals surface area contributed by atoms with Gasteiger partial charge in [-0.3, -0.25) is 4.90 Å². The molecule has 116 valence electrons. The Labute approximate surface area is 129 Å². The third kappa shape index (κ3) is 3.67. The number of benzene rings is 1. The number of nitrogens with zero attached hydrogens (tertiary/aromatic N) is 1. The quantitative estimate of drug-likeness (QED) is 0.885. The first-order valence-corrected chi connectivity index (χ1v) is 8.69. The second-order valence-electron chi connectivity index (χ2n) is 7.16. The van der Waals surface area contributed by atoms with Gasteiger partial charge < -0.3 is 5.32 Å². The van der Waals surface area contributed by atoms with E-state index in [-0.39, 0.29) is 0 Å². The van der Waals surface area contributed by atoms with E-state index < -0.39 is 0 Å². The lowest BCUT2D eigenvalue weighted by molar-refractivity contribution is 0.151. The number of rotatable bonds is 5. The predicted molar refractivity (Wildman–Crippen MR) is 89.7 cm³/mol. The largest absolute Gasteiger partial charge is 0.317 e. The Morgan fingerprint density at radius 2 is 1.86 bits per heavy atom. The molecule has 0 bridgehead atoms. The molecule has 1 aliphatic heterocycles. The maximum Gasteiger partial charge on any atom is 0.0325 e. The van der Waals surface area contributed by atoms with Crippen molar-refractivity contribution in [3.8, 4) is 0 Å². The van der Waals surface area contributed by atoms with Crippen molar-refractivity contribution >= 4 is 0 Å². The minimum atomic E-state index is 0.563. The number of aryl methyl sites for hydroxylation is 2. The third-order valence-electron chi connectivity index (χ3n) is 5.32. The first-order chi connectivity index (χ1) is 10.1. The molecule has 3 rings (SSSR count). The van der Waals surface area contributed by atoms with E-state index >= 15 is 0 Å². The van der Waals surface area contributed by atoms with Gasteiger partial charge in [-0.1, -0.05) is 23.8 Å². The van der Waals surface area contributed by atoms with Crippen molar-refractivity contribution < 1.29 is 0 Å². The van der Waals surface area contributed by atoms with Gasteiger partial charge in [-0.2, -0.15) is 0 Å². The highest BCUT2D eigenvalue weighted by Crippen LogP contribution is 2.36. The fourth-order valence-corrected chi connectivity index (χ4v) is 3.87. The second kappa shape index (κ2) is 6.50. The maximum absolute atomic E-state index is 3.49. The van der Waals surface area contributed by atoms with Crippen molar-refractivity contribution in [3.05, 3.63) is 34.9 Å². The molecule has 2 heteroatoms. The van der Waals surface area contributed by atoms with Gasteiger partial charge in [0, 0.05) is 18.6 Å². The standard InChI is InChI=1S/C19H30N2/c1-14-4-7-19(15(2)12-14)16(3)21(18-5-6-18)13-17-8-10-20-11-9-17/h4,7,12,16-18,20H,5-6,8-11,13H2,1-3H3. The summed E-state index contributed by atoms with van der Waals surface area (Å²) in [5.41, 5.74) is 4.36. The van der Waals surface area contributed by atoms with Crippen LogP contribution in [0.5, 0.6) is 0 Å². The Kier molecular flexibility index (Phi) is 4.66. The van der Waals surface area contributed by atoms with Crippen LogP contribution in [0.3, 0.4) is 0 Å². The molecular weight excluding hydrogens is 256 g/mol. The Morgan fingerprint density at radius 3 is 2.48 bits per heavy atom. The molecule has 0 amide bonds. The molecule has 1 aromatic carbocycles. The molecule has 1 N–H and O–H groups in total. The molecule has 1 heterocycles. The van der Waals surface area contributed by atoms with Crippen LogP contribution in [0.15, 0.2) is 18.2 Å². The number of piperidine rings is 1. The lowest BCUT2D eigenvalue weighted by Gasteiger charge is -2.35. The van der Waals surface area contributed by atoms with Crippen LogP contribution in [-0.4, -0.2) is 30.6 Å². The van der Waals surface area contributed by atoms with Gasteiger partial charge in [-0.05, 0) is 76.6 Å². The van der Waals surface area contributed by atoms with Crippen LogP contribution >= 0.6 is 0 Å². The second-order valence-corrected chi connectivity index (χ2v) is 7.16. The molecule has 21 heavy (non-hydrogen) atoms.